The lowest BCUT2D eigenvalue weighted by Crippen LogP contribution is -2.64. The maximum Gasteiger partial charge on any atom is 0.316 e. The fourth-order valence-corrected chi connectivity index (χ4v) is 4.44. The number of amides is 8. The van der Waals surface area contributed by atoms with Crippen LogP contribution in [0, 0.1) is 0 Å². The van der Waals surface area contributed by atoms with Gasteiger partial charge in [0.1, 0.15) is 29.9 Å². The maximum atomic E-state index is 13.6. The van der Waals surface area contributed by atoms with Crippen LogP contribution in [0.25, 0.3) is 0 Å². The number of nitrogens with two attached hydrogens (primary N) is 5. The van der Waals surface area contributed by atoms with E-state index >= 15 is 0 Å². The Balaban J connectivity index is 2.51. The van der Waals surface area contributed by atoms with Crippen LogP contribution in [0.3, 0.4) is 0 Å². The Kier molecular flexibility index (Phi) is 15.2. The van der Waals surface area contributed by atoms with Crippen molar-refractivity contribution in [3.05, 3.63) is 11.9 Å². The third-order valence-electron chi connectivity index (χ3n) is 6.93. The van der Waals surface area contributed by atoms with Crippen LogP contribution >= 0.6 is 0 Å². The van der Waals surface area contributed by atoms with E-state index in [2.05, 4.69) is 42.2 Å². The fourth-order valence-electron chi connectivity index (χ4n) is 4.44. The molecule has 262 valence electrons. The Labute approximate surface area is 269 Å². The van der Waals surface area contributed by atoms with Crippen molar-refractivity contribution >= 4 is 47.4 Å². The Hall–Kier alpha value is -5.06. The molecule has 19 N–H and O–H groups in total. The molecule has 0 spiro atoms. The number of hydrogen-bond acceptors (Lipinski definition) is 14. The number of aliphatic hydroxyl groups excluding tert-OH is 1. The molecule has 1 unspecified atom stereocenters. The third-order valence-corrected chi connectivity index (χ3v) is 6.93. The molecular formula is C25H44N14O8. The lowest BCUT2D eigenvalue weighted by atomic mass is 10.0. The minimum absolute atomic E-state index is 0.0260. The summed E-state index contributed by atoms with van der Waals surface area (Å²) in [5.41, 5.74) is 27.4. The predicted octanol–water partition coefficient (Wildman–Crippen LogP) is -8.23. The zero-order valence-electron chi connectivity index (χ0n) is 25.5. The van der Waals surface area contributed by atoms with E-state index < -0.39 is 103 Å². The summed E-state index contributed by atoms with van der Waals surface area (Å²) in [7, 11) is 0. The van der Waals surface area contributed by atoms with Crippen LogP contribution in [0.15, 0.2) is 16.9 Å². The highest BCUT2D eigenvalue weighted by atomic mass is 16.3. The Bertz CT molecular complexity index is 1240. The largest absolute Gasteiger partial charge is 0.394 e. The first-order valence-corrected chi connectivity index (χ1v) is 14.7. The average Bonchev–Trinajstić information content (AvgIpc) is 3.02. The summed E-state index contributed by atoms with van der Waals surface area (Å²) in [6, 6.07) is -8.65. The number of guanidine groups is 1. The maximum absolute atomic E-state index is 13.6. The number of urea groups is 1. The van der Waals surface area contributed by atoms with Gasteiger partial charge in [-0.05, 0) is 25.8 Å². The van der Waals surface area contributed by atoms with E-state index in [-0.39, 0.29) is 25.3 Å². The van der Waals surface area contributed by atoms with E-state index in [0.717, 1.165) is 6.20 Å². The molecule has 2 rings (SSSR count). The second kappa shape index (κ2) is 18.8. The third kappa shape index (κ3) is 12.3. The molecule has 2 aliphatic rings. The molecule has 0 aromatic heterocycles. The van der Waals surface area contributed by atoms with Gasteiger partial charge in [-0.25, -0.2) is 4.79 Å². The lowest BCUT2D eigenvalue weighted by molar-refractivity contribution is -0.135. The van der Waals surface area contributed by atoms with Crippen LogP contribution in [0.2, 0.25) is 0 Å². The predicted molar refractivity (Wildman–Crippen MR) is 165 cm³/mol. The molecule has 0 radical (unpaired) electrons. The fraction of sp³-hybridized carbons (Fsp3) is 0.600. The van der Waals surface area contributed by atoms with Crippen molar-refractivity contribution in [1.82, 2.24) is 42.5 Å². The summed E-state index contributed by atoms with van der Waals surface area (Å²) in [6.07, 6.45) is 1.73. The van der Waals surface area contributed by atoms with Gasteiger partial charge in [-0.3, -0.25) is 33.8 Å². The van der Waals surface area contributed by atoms with Gasteiger partial charge >= 0.3 is 6.03 Å². The lowest BCUT2D eigenvalue weighted by Gasteiger charge is -2.31. The molecule has 8 amide bonds. The van der Waals surface area contributed by atoms with Crippen molar-refractivity contribution in [2.75, 3.05) is 32.8 Å². The zero-order chi connectivity index (χ0) is 35.1. The number of primary amides is 1. The van der Waals surface area contributed by atoms with E-state index in [1.54, 1.807) is 0 Å². The molecule has 6 atom stereocenters. The van der Waals surface area contributed by atoms with Gasteiger partial charge in [-0.15, -0.1) is 0 Å². The molecule has 1 saturated heterocycles. The normalized spacial score (nSPS) is 26.3. The summed E-state index contributed by atoms with van der Waals surface area (Å²) in [4.78, 5) is 94.4. The number of rotatable bonds is 10. The second-order valence-corrected chi connectivity index (χ2v) is 10.6. The zero-order valence-corrected chi connectivity index (χ0v) is 25.5. The van der Waals surface area contributed by atoms with Crippen LogP contribution in [0.5, 0.6) is 0 Å². The number of hydrogen-bond donors (Lipinski definition) is 14. The van der Waals surface area contributed by atoms with Crippen LogP contribution in [0.1, 0.15) is 25.7 Å². The molecule has 0 bridgehead atoms. The summed E-state index contributed by atoms with van der Waals surface area (Å²) in [5, 5.41) is 28.8. The number of carbonyl (C=O) groups excluding carboxylic acids is 7. The van der Waals surface area contributed by atoms with Crippen LogP contribution in [-0.2, 0) is 28.8 Å². The molecule has 0 saturated carbocycles. The highest BCUT2D eigenvalue weighted by molar-refractivity contribution is 6.02. The highest BCUT2D eigenvalue weighted by Gasteiger charge is 2.35. The number of nitrogens with zero attached hydrogens (tertiary/aromatic N) is 1. The van der Waals surface area contributed by atoms with E-state index in [1.165, 1.54) is 0 Å². The Morgan fingerprint density at radius 2 is 1.70 bits per heavy atom. The van der Waals surface area contributed by atoms with Crippen molar-refractivity contribution in [2.24, 2.45) is 33.7 Å². The van der Waals surface area contributed by atoms with Crippen molar-refractivity contribution in [3.63, 3.8) is 0 Å². The summed E-state index contributed by atoms with van der Waals surface area (Å²) in [5.74, 6) is -5.73. The second-order valence-electron chi connectivity index (χ2n) is 10.6. The van der Waals surface area contributed by atoms with Gasteiger partial charge in [0.2, 0.25) is 29.5 Å². The van der Waals surface area contributed by atoms with E-state index in [0.29, 0.717) is 19.4 Å². The minimum atomic E-state index is -1.64. The van der Waals surface area contributed by atoms with Gasteiger partial charge in [0.25, 0.3) is 5.91 Å². The van der Waals surface area contributed by atoms with Crippen LogP contribution in [-0.4, -0.2) is 122 Å². The molecule has 47 heavy (non-hydrogen) atoms. The van der Waals surface area contributed by atoms with Crippen molar-refractivity contribution in [1.29, 1.82) is 0 Å². The first kappa shape index (κ1) is 38.1. The summed E-state index contributed by atoms with van der Waals surface area (Å²) < 4.78 is 0. The monoisotopic (exact) mass is 668 g/mol. The van der Waals surface area contributed by atoms with E-state index in [4.69, 9.17) is 28.7 Å². The minimum Gasteiger partial charge on any atom is -0.394 e. The molecule has 22 nitrogen and oxygen atoms in total. The van der Waals surface area contributed by atoms with Gasteiger partial charge in [0.05, 0.1) is 12.6 Å². The van der Waals surface area contributed by atoms with E-state index in [1.807, 2.05) is 5.32 Å². The Morgan fingerprint density at radius 3 is 2.32 bits per heavy atom. The number of carbonyl (C=O) groups is 7. The molecule has 2 heterocycles. The molecule has 22 heteroatoms. The molecular weight excluding hydrogens is 624 g/mol. The molecule has 0 aromatic carbocycles. The number of nitrogens with one attached hydrogen (secondary N) is 8. The number of aliphatic imine (C=N–C) groups is 1. The van der Waals surface area contributed by atoms with Crippen molar-refractivity contribution in [3.8, 4) is 0 Å². The summed E-state index contributed by atoms with van der Waals surface area (Å²) in [6.45, 7) is -1.47. The topological polar surface area (TPSA) is 378 Å². The van der Waals surface area contributed by atoms with Crippen molar-refractivity contribution in [2.45, 2.75) is 61.9 Å². The SMILES string of the molecule is NCCC[C@H](N)CC(=O)N[C@H]1CNC(=O)[C@H](C2CCN=C(N)N2)NC(=O)C(=CNC(N)=O)NC(=O)[C@H](CN)NC(=O)[C@H](CO)NC1=O. The molecule has 1 fully saturated rings. The van der Waals surface area contributed by atoms with Crippen LogP contribution < -0.4 is 71.2 Å². The highest BCUT2D eigenvalue weighted by Crippen LogP contribution is 2.07. The van der Waals surface area contributed by atoms with Gasteiger partial charge < -0.3 is 76.3 Å². The molecule has 0 aliphatic carbocycles. The van der Waals surface area contributed by atoms with Gasteiger partial charge in [0.15, 0.2) is 5.96 Å². The van der Waals surface area contributed by atoms with Gasteiger partial charge in [-0.1, -0.05) is 0 Å². The molecule has 0 aromatic rings. The average molecular weight is 669 g/mol. The van der Waals surface area contributed by atoms with Crippen LogP contribution in [0.4, 0.5) is 4.79 Å². The first-order chi connectivity index (χ1) is 22.3. The Morgan fingerprint density at radius 1 is 1.00 bits per heavy atom. The van der Waals surface area contributed by atoms with Gasteiger partial charge in [-0.2, -0.15) is 0 Å². The van der Waals surface area contributed by atoms with Crippen molar-refractivity contribution < 1.29 is 38.7 Å². The quantitative estimate of drug-likeness (QED) is 0.0963. The molecule has 2 aliphatic heterocycles. The van der Waals surface area contributed by atoms with E-state index in [9.17, 15) is 38.7 Å². The number of aliphatic hydroxyl groups is 1. The standard InChI is InChI=1S/C25H44N14O8/c26-4-1-2-11(28)6-17(41)34-14-8-32-23(46)18(12-3-5-31-24(29)38-12)39-21(44)15(9-33-25(30)47)36-19(42)13(7-27)35-22(45)16(10-40)37-20(14)43/h9,11-14,16,18,40H,1-8,10,26-28H2,(H,32,46)(H,34,41)(H,35,45)(H,36,42)(H,37,43)(H,39,44)(H3,29,31,38)(H3,30,33,47)/t11-,12?,13-,14-,16-,18-/m0/s1. The first-order valence-electron chi connectivity index (χ1n) is 14.7. The van der Waals surface area contributed by atoms with Gasteiger partial charge in [0, 0.05) is 38.3 Å². The smallest absolute Gasteiger partial charge is 0.316 e. The summed E-state index contributed by atoms with van der Waals surface area (Å²) >= 11 is 0.